The topological polar surface area (TPSA) is 131 Å². The zero-order chi connectivity index (χ0) is 22.5. The molecule has 1 heterocycles. The van der Waals surface area contributed by atoms with Gasteiger partial charge in [0.15, 0.2) is 6.29 Å². The minimum atomic E-state index is -3.57. The third kappa shape index (κ3) is 5.22. The molecule has 156 valence electrons. The highest BCUT2D eigenvalue weighted by atomic mass is 79.9. The second kappa shape index (κ2) is 9.51. The predicted octanol–water partition coefficient (Wildman–Crippen LogP) is 3.69. The maximum absolute atomic E-state index is 12.0. The second-order valence-electron chi connectivity index (χ2n) is 5.95. The molecular weight excluding hydrogens is 478 g/mol. The zero-order valence-corrected chi connectivity index (χ0v) is 17.9. The quantitative estimate of drug-likeness (QED) is 0.518. The second-order valence-corrected chi connectivity index (χ2v) is 8.65. The van der Waals surface area contributed by atoms with Crippen molar-refractivity contribution < 1.29 is 33.0 Å². The lowest BCUT2D eigenvalue weighted by Gasteiger charge is -2.04. The molecule has 0 amide bonds. The summed E-state index contributed by atoms with van der Waals surface area (Å²) in [6, 6.07) is 12.0. The molecule has 10 heteroatoms. The molecule has 0 saturated heterocycles. The first kappa shape index (κ1) is 23.0. The predicted molar refractivity (Wildman–Crippen MR) is 112 cm³/mol. The minimum Gasteiger partial charge on any atom is -0.478 e. The van der Waals surface area contributed by atoms with E-state index in [0.29, 0.717) is 21.9 Å². The van der Waals surface area contributed by atoms with Gasteiger partial charge in [0.25, 0.3) is 10.0 Å². The van der Waals surface area contributed by atoms with Gasteiger partial charge in [0.2, 0.25) is 0 Å². The Balaban J connectivity index is 0.000000216. The number of benzene rings is 2. The molecule has 1 aromatic heterocycles. The molecular formula is C20H16BrNO7S. The summed E-state index contributed by atoms with van der Waals surface area (Å²) in [5.41, 5.74) is 0.804. The summed E-state index contributed by atoms with van der Waals surface area (Å²) in [5, 5.41) is 17.5. The van der Waals surface area contributed by atoms with Gasteiger partial charge in [-0.3, -0.25) is 4.79 Å². The van der Waals surface area contributed by atoms with Gasteiger partial charge in [0.1, 0.15) is 0 Å². The number of nitrogens with zero attached hydrogens (tertiary/aromatic N) is 1. The molecule has 0 aliphatic carbocycles. The van der Waals surface area contributed by atoms with Crippen LogP contribution in [-0.2, 0) is 10.0 Å². The van der Waals surface area contributed by atoms with Crippen molar-refractivity contribution in [1.82, 2.24) is 3.97 Å². The van der Waals surface area contributed by atoms with Crippen LogP contribution in [0, 0.1) is 6.92 Å². The number of carbonyl (C=O) groups excluding carboxylic acids is 1. The van der Waals surface area contributed by atoms with Crippen LogP contribution in [0.5, 0.6) is 0 Å². The highest BCUT2D eigenvalue weighted by Gasteiger charge is 2.16. The van der Waals surface area contributed by atoms with Crippen molar-refractivity contribution in [2.24, 2.45) is 0 Å². The Hall–Kier alpha value is -3.24. The SMILES string of the molecule is Cc1c(Br)cc(C(=O)O)cc1C(=O)O.O=Cc1ccn(S(=O)(=O)c2ccccc2)c1. The third-order valence-corrected chi connectivity index (χ3v) is 6.44. The van der Waals surface area contributed by atoms with Gasteiger partial charge in [-0.15, -0.1) is 0 Å². The maximum Gasteiger partial charge on any atom is 0.336 e. The van der Waals surface area contributed by atoms with E-state index in [-0.39, 0.29) is 16.0 Å². The number of hydrogen-bond acceptors (Lipinski definition) is 5. The number of aldehydes is 1. The Kier molecular flexibility index (Phi) is 7.30. The van der Waals surface area contributed by atoms with Gasteiger partial charge in [0, 0.05) is 22.4 Å². The van der Waals surface area contributed by atoms with Crippen LogP contribution in [-0.4, -0.2) is 40.8 Å². The van der Waals surface area contributed by atoms with Gasteiger partial charge >= 0.3 is 11.9 Å². The molecule has 3 rings (SSSR count). The number of aromatic carboxylic acids is 2. The van der Waals surface area contributed by atoms with Crippen LogP contribution in [0.15, 0.2) is 70.3 Å². The Labute approximate surface area is 180 Å². The maximum atomic E-state index is 12.0. The number of aromatic nitrogens is 1. The van der Waals surface area contributed by atoms with Crippen molar-refractivity contribution in [3.8, 4) is 0 Å². The molecule has 0 aliphatic heterocycles. The monoisotopic (exact) mass is 493 g/mol. The van der Waals surface area contributed by atoms with E-state index in [1.54, 1.807) is 25.1 Å². The lowest BCUT2D eigenvalue weighted by atomic mass is 10.1. The van der Waals surface area contributed by atoms with E-state index in [1.165, 1.54) is 36.7 Å². The van der Waals surface area contributed by atoms with E-state index < -0.39 is 22.0 Å². The molecule has 0 atom stereocenters. The molecule has 0 radical (unpaired) electrons. The Morgan fingerprint density at radius 1 is 1.03 bits per heavy atom. The molecule has 0 aliphatic rings. The molecule has 3 aromatic rings. The van der Waals surface area contributed by atoms with Crippen LogP contribution in [0.2, 0.25) is 0 Å². The van der Waals surface area contributed by atoms with Gasteiger partial charge in [-0.2, -0.15) is 0 Å². The van der Waals surface area contributed by atoms with E-state index in [4.69, 9.17) is 10.2 Å². The molecule has 8 nitrogen and oxygen atoms in total. The van der Waals surface area contributed by atoms with Gasteiger partial charge in [-0.25, -0.2) is 22.0 Å². The smallest absolute Gasteiger partial charge is 0.336 e. The number of carboxylic acid groups (broad SMARTS) is 2. The summed E-state index contributed by atoms with van der Waals surface area (Å²) in [5.74, 6) is -2.28. The number of halogens is 1. The van der Waals surface area contributed by atoms with Crippen molar-refractivity contribution in [3.05, 3.63) is 87.7 Å². The highest BCUT2D eigenvalue weighted by Crippen LogP contribution is 2.22. The largest absolute Gasteiger partial charge is 0.478 e. The molecule has 0 saturated carbocycles. The number of carboxylic acids is 2. The fourth-order valence-corrected chi connectivity index (χ4v) is 4.04. The van der Waals surface area contributed by atoms with Crippen molar-refractivity contribution >= 4 is 44.2 Å². The minimum absolute atomic E-state index is 0.00299. The zero-order valence-electron chi connectivity index (χ0n) is 15.5. The van der Waals surface area contributed by atoms with Crippen LogP contribution in [0.4, 0.5) is 0 Å². The lowest BCUT2D eigenvalue weighted by molar-refractivity contribution is 0.0695. The number of carbonyl (C=O) groups is 3. The molecule has 30 heavy (non-hydrogen) atoms. The normalized spacial score (nSPS) is 10.6. The molecule has 0 bridgehead atoms. The summed E-state index contributed by atoms with van der Waals surface area (Å²) in [7, 11) is -3.57. The van der Waals surface area contributed by atoms with Crippen LogP contribution < -0.4 is 0 Å². The van der Waals surface area contributed by atoms with Gasteiger partial charge in [-0.05, 0) is 42.8 Å². The van der Waals surface area contributed by atoms with Gasteiger partial charge < -0.3 is 10.2 Å². The van der Waals surface area contributed by atoms with E-state index in [1.807, 2.05) is 0 Å². The Bertz CT molecular complexity index is 1200. The molecule has 0 unspecified atom stereocenters. The van der Waals surface area contributed by atoms with Crippen LogP contribution >= 0.6 is 15.9 Å². The van der Waals surface area contributed by atoms with Gasteiger partial charge in [0.05, 0.1) is 16.0 Å². The molecule has 2 N–H and O–H groups in total. The van der Waals surface area contributed by atoms with E-state index in [9.17, 15) is 22.8 Å². The van der Waals surface area contributed by atoms with Crippen LogP contribution in [0.3, 0.4) is 0 Å². The van der Waals surface area contributed by atoms with Crippen molar-refractivity contribution in [2.75, 3.05) is 0 Å². The fraction of sp³-hybridized carbons (Fsp3) is 0.0500. The van der Waals surface area contributed by atoms with E-state index in [2.05, 4.69) is 15.9 Å². The number of rotatable bonds is 5. The van der Waals surface area contributed by atoms with Crippen molar-refractivity contribution in [3.63, 3.8) is 0 Å². The lowest BCUT2D eigenvalue weighted by Crippen LogP contribution is -2.10. The van der Waals surface area contributed by atoms with Crippen molar-refractivity contribution in [2.45, 2.75) is 11.8 Å². The summed E-state index contributed by atoms with van der Waals surface area (Å²) >= 11 is 3.11. The molecule has 2 aromatic carbocycles. The number of hydrogen-bond donors (Lipinski definition) is 2. The highest BCUT2D eigenvalue weighted by molar-refractivity contribution is 9.10. The standard InChI is InChI=1S/C11H9NO3S.C9H7BrO4/c13-9-10-6-7-12(8-10)16(14,15)11-4-2-1-3-5-11;1-4-6(9(13)14)2-5(8(11)12)3-7(4)10/h1-9H;2-3H,1H3,(H,11,12)(H,13,14). The van der Waals surface area contributed by atoms with E-state index in [0.717, 1.165) is 10.0 Å². The first-order valence-electron chi connectivity index (χ1n) is 8.28. The average molecular weight is 494 g/mol. The molecule has 0 fully saturated rings. The summed E-state index contributed by atoms with van der Waals surface area (Å²) < 4.78 is 25.5. The van der Waals surface area contributed by atoms with Crippen LogP contribution in [0.25, 0.3) is 0 Å². The van der Waals surface area contributed by atoms with Crippen LogP contribution in [0.1, 0.15) is 36.6 Å². The first-order valence-corrected chi connectivity index (χ1v) is 10.5. The first-order chi connectivity index (χ1) is 14.1. The Morgan fingerprint density at radius 3 is 2.17 bits per heavy atom. The average Bonchev–Trinajstić information content (AvgIpc) is 3.21. The van der Waals surface area contributed by atoms with E-state index >= 15 is 0 Å². The van der Waals surface area contributed by atoms with Crippen molar-refractivity contribution in [1.29, 1.82) is 0 Å². The summed E-state index contributed by atoms with van der Waals surface area (Å²) in [6.45, 7) is 1.61. The third-order valence-electron chi connectivity index (χ3n) is 3.97. The Morgan fingerprint density at radius 2 is 1.67 bits per heavy atom. The fourth-order valence-electron chi connectivity index (χ4n) is 2.35. The summed E-state index contributed by atoms with van der Waals surface area (Å²) in [6.07, 6.45) is 3.25. The molecule has 0 spiro atoms. The summed E-state index contributed by atoms with van der Waals surface area (Å²) in [4.78, 5) is 32.0. The van der Waals surface area contributed by atoms with Gasteiger partial charge in [-0.1, -0.05) is 34.1 Å².